The normalized spacial score (nSPS) is 26.0. The Morgan fingerprint density at radius 2 is 2.22 bits per heavy atom. The van der Waals surface area contributed by atoms with E-state index in [0.29, 0.717) is 0 Å². The van der Waals surface area contributed by atoms with Crippen molar-refractivity contribution < 1.29 is 0 Å². The van der Waals surface area contributed by atoms with Crippen LogP contribution in [0.15, 0.2) is 18.2 Å². The molecule has 0 aromatic heterocycles. The number of rotatable bonds is 4. The van der Waals surface area contributed by atoms with Crippen LogP contribution in [0.5, 0.6) is 0 Å². The molecular formula is C16H24N2. The molecule has 2 heteroatoms. The van der Waals surface area contributed by atoms with E-state index in [1.165, 1.54) is 42.6 Å². The summed E-state index contributed by atoms with van der Waals surface area (Å²) in [5, 5.41) is 3.39. The number of nitrogens with zero attached hydrogens (tertiary/aromatic N) is 1. The molecule has 1 aromatic rings. The van der Waals surface area contributed by atoms with Gasteiger partial charge in [-0.25, -0.2) is 0 Å². The fourth-order valence-electron chi connectivity index (χ4n) is 3.64. The van der Waals surface area contributed by atoms with E-state index in [1.807, 2.05) is 0 Å². The zero-order chi connectivity index (χ0) is 12.5. The number of nitrogens with one attached hydrogen (secondary N) is 1. The molecule has 2 atom stereocenters. The average molecular weight is 244 g/mol. The van der Waals surface area contributed by atoms with Gasteiger partial charge in [0.15, 0.2) is 0 Å². The Balaban J connectivity index is 1.77. The van der Waals surface area contributed by atoms with Crippen LogP contribution >= 0.6 is 0 Å². The highest BCUT2D eigenvalue weighted by atomic mass is 15.2. The first-order chi connectivity index (χ1) is 8.78. The van der Waals surface area contributed by atoms with Gasteiger partial charge in [-0.15, -0.1) is 0 Å². The van der Waals surface area contributed by atoms with Crippen molar-refractivity contribution in [3.05, 3.63) is 29.3 Å². The maximum Gasteiger partial charge on any atom is 0.0398 e. The molecule has 1 heterocycles. The van der Waals surface area contributed by atoms with Crippen molar-refractivity contribution in [1.29, 1.82) is 0 Å². The van der Waals surface area contributed by atoms with Crippen molar-refractivity contribution in [2.24, 2.45) is 5.92 Å². The van der Waals surface area contributed by atoms with Gasteiger partial charge < -0.3 is 10.2 Å². The van der Waals surface area contributed by atoms with Crippen molar-refractivity contribution in [3.63, 3.8) is 0 Å². The monoisotopic (exact) mass is 244 g/mol. The van der Waals surface area contributed by atoms with Crippen molar-refractivity contribution in [3.8, 4) is 0 Å². The van der Waals surface area contributed by atoms with E-state index in [9.17, 15) is 0 Å². The Hall–Kier alpha value is -1.02. The predicted molar refractivity (Wildman–Crippen MR) is 77.0 cm³/mol. The van der Waals surface area contributed by atoms with Gasteiger partial charge in [0.25, 0.3) is 0 Å². The van der Waals surface area contributed by atoms with Crippen LogP contribution in [0.25, 0.3) is 0 Å². The second-order valence-corrected chi connectivity index (χ2v) is 5.89. The number of anilines is 1. The molecule has 98 valence electrons. The van der Waals surface area contributed by atoms with Crippen LogP contribution in [-0.4, -0.2) is 19.1 Å². The Morgan fingerprint density at radius 3 is 2.83 bits per heavy atom. The second kappa shape index (κ2) is 4.93. The van der Waals surface area contributed by atoms with Crippen LogP contribution in [-0.2, 0) is 6.54 Å². The van der Waals surface area contributed by atoms with Gasteiger partial charge in [0, 0.05) is 24.8 Å². The quantitative estimate of drug-likeness (QED) is 0.875. The van der Waals surface area contributed by atoms with Crippen molar-refractivity contribution in [2.75, 3.05) is 18.0 Å². The number of aryl methyl sites for hydroxylation is 1. The maximum absolute atomic E-state index is 3.39. The summed E-state index contributed by atoms with van der Waals surface area (Å²) in [6, 6.07) is 7.80. The number of piperidine rings is 1. The number of hydrogen-bond donors (Lipinski definition) is 1. The molecule has 2 bridgehead atoms. The highest BCUT2D eigenvalue weighted by Gasteiger charge is 2.38. The first-order valence-corrected chi connectivity index (χ1v) is 7.35. The summed E-state index contributed by atoms with van der Waals surface area (Å²) in [7, 11) is 0. The third-order valence-electron chi connectivity index (χ3n) is 4.56. The smallest absolute Gasteiger partial charge is 0.0398 e. The van der Waals surface area contributed by atoms with E-state index in [1.54, 1.807) is 0 Å². The average Bonchev–Trinajstić information content (AvgIpc) is 2.98. The standard InChI is InChI=1S/C16H24N2/c1-3-17-10-13-5-7-16(12(2)8-13)18-11-14-4-6-15(18)9-14/h5,7-8,14-15,17H,3-4,6,9-11H2,1-2H3. The fraction of sp³-hybridized carbons (Fsp3) is 0.625. The summed E-state index contributed by atoms with van der Waals surface area (Å²) in [5.41, 5.74) is 4.32. The van der Waals surface area contributed by atoms with E-state index in [0.717, 1.165) is 25.0 Å². The van der Waals surface area contributed by atoms with Crippen LogP contribution in [0, 0.1) is 12.8 Å². The maximum atomic E-state index is 3.39. The van der Waals surface area contributed by atoms with Gasteiger partial charge in [-0.1, -0.05) is 19.1 Å². The molecule has 0 spiro atoms. The second-order valence-electron chi connectivity index (χ2n) is 5.89. The number of fused-ring (bicyclic) bond motifs is 2. The molecule has 2 unspecified atom stereocenters. The summed E-state index contributed by atoms with van der Waals surface area (Å²) in [5.74, 6) is 0.968. The molecule has 1 saturated heterocycles. The third-order valence-corrected chi connectivity index (χ3v) is 4.56. The fourth-order valence-corrected chi connectivity index (χ4v) is 3.64. The largest absolute Gasteiger partial charge is 0.368 e. The molecule has 2 nitrogen and oxygen atoms in total. The van der Waals surface area contributed by atoms with Gasteiger partial charge in [0.05, 0.1) is 0 Å². The number of benzene rings is 1. The molecule has 3 rings (SSSR count). The molecule has 1 saturated carbocycles. The molecule has 1 aliphatic heterocycles. The van der Waals surface area contributed by atoms with Gasteiger partial charge in [0.2, 0.25) is 0 Å². The molecule has 0 amide bonds. The lowest BCUT2D eigenvalue weighted by Gasteiger charge is -2.30. The number of hydrogen-bond acceptors (Lipinski definition) is 2. The summed E-state index contributed by atoms with van der Waals surface area (Å²) < 4.78 is 0. The SMILES string of the molecule is CCNCc1ccc(N2CC3CCC2C3)c(C)c1. The highest BCUT2D eigenvalue weighted by molar-refractivity contribution is 5.56. The minimum Gasteiger partial charge on any atom is -0.368 e. The van der Waals surface area contributed by atoms with Crippen molar-refractivity contribution >= 4 is 5.69 Å². The van der Waals surface area contributed by atoms with Gasteiger partial charge in [0.1, 0.15) is 0 Å². The van der Waals surface area contributed by atoms with Crippen molar-refractivity contribution in [2.45, 2.75) is 45.7 Å². The van der Waals surface area contributed by atoms with E-state index in [4.69, 9.17) is 0 Å². The molecular weight excluding hydrogens is 220 g/mol. The van der Waals surface area contributed by atoms with Crippen LogP contribution in [0.4, 0.5) is 5.69 Å². The van der Waals surface area contributed by atoms with Crippen LogP contribution in [0.1, 0.15) is 37.3 Å². The zero-order valence-corrected chi connectivity index (χ0v) is 11.6. The van der Waals surface area contributed by atoms with E-state index < -0.39 is 0 Å². The summed E-state index contributed by atoms with van der Waals surface area (Å²) >= 11 is 0. The Kier molecular flexibility index (Phi) is 3.29. The third kappa shape index (κ3) is 2.14. The van der Waals surface area contributed by atoms with Gasteiger partial charge in [-0.3, -0.25) is 0 Å². The van der Waals surface area contributed by atoms with Gasteiger partial charge in [-0.05, 0) is 55.8 Å². The Morgan fingerprint density at radius 1 is 1.33 bits per heavy atom. The first-order valence-electron chi connectivity index (χ1n) is 7.35. The minimum absolute atomic E-state index is 0.827. The van der Waals surface area contributed by atoms with E-state index in [2.05, 4.69) is 42.3 Å². The van der Waals surface area contributed by atoms with Gasteiger partial charge in [-0.2, -0.15) is 0 Å². The predicted octanol–water partition coefficient (Wildman–Crippen LogP) is 3.09. The van der Waals surface area contributed by atoms with Crippen molar-refractivity contribution in [1.82, 2.24) is 5.32 Å². The van der Waals surface area contributed by atoms with Crippen LogP contribution in [0.3, 0.4) is 0 Å². The summed E-state index contributed by atoms with van der Waals surface area (Å²) in [4.78, 5) is 2.65. The van der Waals surface area contributed by atoms with Crippen LogP contribution < -0.4 is 10.2 Å². The topological polar surface area (TPSA) is 15.3 Å². The lowest BCUT2D eigenvalue weighted by Crippen LogP contribution is -2.32. The molecule has 1 N–H and O–H groups in total. The first kappa shape index (κ1) is 12.0. The van der Waals surface area contributed by atoms with E-state index >= 15 is 0 Å². The zero-order valence-electron chi connectivity index (χ0n) is 11.6. The summed E-state index contributed by atoms with van der Waals surface area (Å²) in [6.07, 6.45) is 4.29. The molecule has 18 heavy (non-hydrogen) atoms. The molecule has 2 fully saturated rings. The lowest BCUT2D eigenvalue weighted by atomic mass is 10.1. The summed E-state index contributed by atoms with van der Waals surface area (Å²) in [6.45, 7) is 7.73. The molecule has 1 aliphatic carbocycles. The highest BCUT2D eigenvalue weighted by Crippen LogP contribution is 2.41. The Labute approximate surface area is 110 Å². The lowest BCUT2D eigenvalue weighted by molar-refractivity contribution is 0.553. The van der Waals surface area contributed by atoms with E-state index in [-0.39, 0.29) is 0 Å². The van der Waals surface area contributed by atoms with Crippen LogP contribution in [0.2, 0.25) is 0 Å². The molecule has 2 aliphatic rings. The van der Waals surface area contributed by atoms with Gasteiger partial charge >= 0.3 is 0 Å². The minimum atomic E-state index is 0.827. The Bertz CT molecular complexity index is 427. The molecule has 1 aromatic carbocycles. The molecule has 0 radical (unpaired) electrons.